The van der Waals surface area contributed by atoms with Gasteiger partial charge in [-0.15, -0.1) is 0 Å². The van der Waals surface area contributed by atoms with Crippen LogP contribution in [0.4, 0.5) is 11.8 Å². The monoisotopic (exact) mass is 255 g/mol. The third kappa shape index (κ3) is 2.30. The van der Waals surface area contributed by atoms with Gasteiger partial charge in [0, 0.05) is 26.0 Å². The van der Waals surface area contributed by atoms with E-state index in [9.17, 15) is 0 Å². The molecule has 3 N–H and O–H groups in total. The lowest BCUT2D eigenvalue weighted by Crippen LogP contribution is -2.05. The Morgan fingerprint density at radius 1 is 1.21 bits per heavy atom. The summed E-state index contributed by atoms with van der Waals surface area (Å²) in [5, 5.41) is 13.9. The standard InChI is InChI=1S/C12H13N7/c1-13-12-17-10(9-7-16-19-11(9)18-12)15-6-8-2-4-14-5-3-8/h2-5,7H,6H2,1H3,(H3,13,15,16,17,18,19). The maximum atomic E-state index is 4.40. The molecular formula is C12H13N7. The maximum Gasteiger partial charge on any atom is 0.226 e. The third-order valence-electron chi connectivity index (χ3n) is 2.74. The SMILES string of the molecule is CNc1nc(NCc2ccncc2)c2cn[nH]c2n1. The first-order valence-corrected chi connectivity index (χ1v) is 5.88. The van der Waals surface area contributed by atoms with Crippen LogP contribution in [0.3, 0.4) is 0 Å². The van der Waals surface area contributed by atoms with Crippen molar-refractivity contribution in [2.45, 2.75) is 6.54 Å². The molecule has 3 aromatic heterocycles. The van der Waals surface area contributed by atoms with E-state index in [4.69, 9.17) is 0 Å². The van der Waals surface area contributed by atoms with Crippen molar-refractivity contribution in [2.24, 2.45) is 0 Å². The van der Waals surface area contributed by atoms with Crippen molar-refractivity contribution in [3.8, 4) is 0 Å². The molecule has 3 aromatic rings. The minimum Gasteiger partial charge on any atom is -0.365 e. The van der Waals surface area contributed by atoms with Gasteiger partial charge in [-0.05, 0) is 17.7 Å². The number of rotatable bonds is 4. The number of nitrogens with zero attached hydrogens (tertiary/aromatic N) is 4. The lowest BCUT2D eigenvalue weighted by molar-refractivity contribution is 1.07. The summed E-state index contributed by atoms with van der Waals surface area (Å²) in [5.41, 5.74) is 1.84. The highest BCUT2D eigenvalue weighted by atomic mass is 15.2. The van der Waals surface area contributed by atoms with Crippen LogP contribution in [0.1, 0.15) is 5.56 Å². The zero-order valence-corrected chi connectivity index (χ0v) is 10.4. The Labute approximate surface area is 109 Å². The predicted molar refractivity (Wildman–Crippen MR) is 72.8 cm³/mol. The average molecular weight is 255 g/mol. The molecule has 7 heteroatoms. The second-order valence-corrected chi connectivity index (χ2v) is 3.99. The highest BCUT2D eigenvalue weighted by molar-refractivity contribution is 5.86. The van der Waals surface area contributed by atoms with E-state index in [0.29, 0.717) is 18.1 Å². The Kier molecular flexibility index (Phi) is 2.93. The van der Waals surface area contributed by atoms with Gasteiger partial charge < -0.3 is 10.6 Å². The van der Waals surface area contributed by atoms with E-state index in [1.165, 1.54) is 0 Å². The fourth-order valence-electron chi connectivity index (χ4n) is 1.77. The number of anilines is 2. The van der Waals surface area contributed by atoms with Crippen molar-refractivity contribution in [3.05, 3.63) is 36.3 Å². The van der Waals surface area contributed by atoms with Crippen molar-refractivity contribution in [3.63, 3.8) is 0 Å². The first kappa shape index (κ1) is 11.4. The van der Waals surface area contributed by atoms with E-state index < -0.39 is 0 Å². The molecule has 0 aliphatic rings. The second kappa shape index (κ2) is 4.89. The molecule has 0 radical (unpaired) electrons. The van der Waals surface area contributed by atoms with Crippen LogP contribution in [0.2, 0.25) is 0 Å². The van der Waals surface area contributed by atoms with E-state index in [1.807, 2.05) is 12.1 Å². The fraction of sp³-hybridized carbons (Fsp3) is 0.167. The van der Waals surface area contributed by atoms with Crippen LogP contribution in [0.15, 0.2) is 30.7 Å². The van der Waals surface area contributed by atoms with Crippen LogP contribution in [0.5, 0.6) is 0 Å². The average Bonchev–Trinajstić information content (AvgIpc) is 2.94. The van der Waals surface area contributed by atoms with E-state index in [-0.39, 0.29) is 0 Å². The van der Waals surface area contributed by atoms with Crippen LogP contribution in [-0.2, 0) is 6.54 Å². The summed E-state index contributed by atoms with van der Waals surface area (Å²) in [5.74, 6) is 1.30. The molecule has 19 heavy (non-hydrogen) atoms. The minimum atomic E-state index is 0.550. The number of pyridine rings is 1. The number of aromatic amines is 1. The maximum absolute atomic E-state index is 4.40. The van der Waals surface area contributed by atoms with Crippen LogP contribution < -0.4 is 10.6 Å². The molecular weight excluding hydrogens is 242 g/mol. The van der Waals surface area contributed by atoms with Crippen molar-refractivity contribution in [1.82, 2.24) is 25.1 Å². The van der Waals surface area contributed by atoms with Crippen LogP contribution in [0.25, 0.3) is 11.0 Å². The summed E-state index contributed by atoms with van der Waals surface area (Å²) < 4.78 is 0. The number of hydrogen-bond donors (Lipinski definition) is 3. The van der Waals surface area contributed by atoms with Gasteiger partial charge in [-0.2, -0.15) is 15.1 Å². The molecule has 0 saturated carbocycles. The van der Waals surface area contributed by atoms with Gasteiger partial charge in [-0.1, -0.05) is 0 Å². The van der Waals surface area contributed by atoms with Crippen molar-refractivity contribution in [2.75, 3.05) is 17.7 Å². The Balaban J connectivity index is 1.89. The summed E-state index contributed by atoms with van der Waals surface area (Å²) in [6, 6.07) is 3.92. The lowest BCUT2D eigenvalue weighted by atomic mass is 10.2. The zero-order valence-electron chi connectivity index (χ0n) is 10.4. The highest BCUT2D eigenvalue weighted by Gasteiger charge is 2.08. The summed E-state index contributed by atoms with van der Waals surface area (Å²) in [7, 11) is 1.78. The Morgan fingerprint density at radius 2 is 2.05 bits per heavy atom. The molecule has 0 saturated heterocycles. The summed E-state index contributed by atoms with van der Waals surface area (Å²) in [6.07, 6.45) is 5.25. The molecule has 3 rings (SSSR count). The highest BCUT2D eigenvalue weighted by Crippen LogP contribution is 2.20. The summed E-state index contributed by atoms with van der Waals surface area (Å²) in [6.45, 7) is 0.670. The molecule has 0 aliphatic heterocycles. The number of fused-ring (bicyclic) bond motifs is 1. The molecule has 0 amide bonds. The number of hydrogen-bond acceptors (Lipinski definition) is 6. The minimum absolute atomic E-state index is 0.550. The molecule has 0 atom stereocenters. The first-order chi connectivity index (χ1) is 9.36. The van der Waals surface area contributed by atoms with Gasteiger partial charge in [0.05, 0.1) is 11.6 Å². The molecule has 0 bridgehead atoms. The Bertz CT molecular complexity index is 677. The lowest BCUT2D eigenvalue weighted by Gasteiger charge is -2.08. The number of H-pyrrole nitrogens is 1. The smallest absolute Gasteiger partial charge is 0.226 e. The van der Waals surface area contributed by atoms with Gasteiger partial charge in [-0.3, -0.25) is 10.1 Å². The van der Waals surface area contributed by atoms with Gasteiger partial charge in [0.15, 0.2) is 5.65 Å². The fourth-order valence-corrected chi connectivity index (χ4v) is 1.77. The van der Waals surface area contributed by atoms with Gasteiger partial charge in [0.25, 0.3) is 0 Å². The van der Waals surface area contributed by atoms with E-state index in [2.05, 4.69) is 35.8 Å². The van der Waals surface area contributed by atoms with Gasteiger partial charge in [0.2, 0.25) is 5.95 Å². The van der Waals surface area contributed by atoms with Crippen LogP contribution >= 0.6 is 0 Å². The molecule has 7 nitrogen and oxygen atoms in total. The zero-order chi connectivity index (χ0) is 13.1. The Hall–Kier alpha value is -2.70. The summed E-state index contributed by atoms with van der Waals surface area (Å²) in [4.78, 5) is 12.7. The van der Waals surface area contributed by atoms with Crippen molar-refractivity contribution < 1.29 is 0 Å². The summed E-state index contributed by atoms with van der Waals surface area (Å²) >= 11 is 0. The van der Waals surface area contributed by atoms with E-state index in [1.54, 1.807) is 25.6 Å². The molecule has 0 aliphatic carbocycles. The van der Waals surface area contributed by atoms with Gasteiger partial charge in [-0.25, -0.2) is 0 Å². The van der Waals surface area contributed by atoms with Crippen molar-refractivity contribution >= 4 is 22.8 Å². The topological polar surface area (TPSA) is 91.4 Å². The first-order valence-electron chi connectivity index (χ1n) is 5.88. The molecule has 3 heterocycles. The predicted octanol–water partition coefficient (Wildman–Crippen LogP) is 1.40. The van der Waals surface area contributed by atoms with E-state index >= 15 is 0 Å². The molecule has 96 valence electrons. The molecule has 0 aromatic carbocycles. The van der Waals surface area contributed by atoms with Crippen LogP contribution in [-0.4, -0.2) is 32.2 Å². The number of aromatic nitrogens is 5. The quantitative estimate of drug-likeness (QED) is 0.652. The second-order valence-electron chi connectivity index (χ2n) is 3.99. The van der Waals surface area contributed by atoms with Crippen LogP contribution in [0, 0.1) is 0 Å². The molecule has 0 spiro atoms. The van der Waals surface area contributed by atoms with Gasteiger partial charge in [0.1, 0.15) is 5.82 Å². The third-order valence-corrected chi connectivity index (χ3v) is 2.74. The molecule has 0 fully saturated rings. The molecule has 0 unspecified atom stereocenters. The van der Waals surface area contributed by atoms with Gasteiger partial charge >= 0.3 is 0 Å². The van der Waals surface area contributed by atoms with E-state index in [0.717, 1.165) is 16.8 Å². The largest absolute Gasteiger partial charge is 0.365 e. The normalized spacial score (nSPS) is 10.6. The van der Waals surface area contributed by atoms with Crippen molar-refractivity contribution in [1.29, 1.82) is 0 Å². The number of nitrogens with one attached hydrogen (secondary N) is 3. The Morgan fingerprint density at radius 3 is 2.84 bits per heavy atom.